The smallest absolute Gasteiger partial charge is 0.414 e. The molecular formula is C21H21NO7. The molecule has 0 atom stereocenters. The predicted octanol–water partition coefficient (Wildman–Crippen LogP) is 3.39. The summed E-state index contributed by atoms with van der Waals surface area (Å²) in [7, 11) is 7.71. The maximum absolute atomic E-state index is 12.7. The molecule has 0 fully saturated rings. The summed E-state index contributed by atoms with van der Waals surface area (Å²) >= 11 is 0. The van der Waals surface area contributed by atoms with E-state index in [1.165, 1.54) is 32.3 Å². The molecule has 152 valence electrons. The lowest BCUT2D eigenvalue weighted by Crippen LogP contribution is -2.25. The number of ether oxygens (including phenoxy) is 5. The van der Waals surface area contributed by atoms with Crippen molar-refractivity contribution in [3.05, 3.63) is 47.2 Å². The van der Waals surface area contributed by atoms with Crippen LogP contribution in [0.2, 0.25) is 0 Å². The van der Waals surface area contributed by atoms with Gasteiger partial charge in [0, 0.05) is 31.8 Å². The van der Waals surface area contributed by atoms with E-state index in [0.29, 0.717) is 34.1 Å². The number of fused-ring (bicyclic) bond motifs is 1. The van der Waals surface area contributed by atoms with Crippen molar-refractivity contribution < 1.29 is 33.3 Å². The van der Waals surface area contributed by atoms with E-state index in [9.17, 15) is 9.59 Å². The highest BCUT2D eigenvalue weighted by Crippen LogP contribution is 2.39. The molecule has 0 radical (unpaired) electrons. The number of allylic oxidation sites excluding steroid dienone is 1. The number of ketones is 1. The lowest BCUT2D eigenvalue weighted by molar-refractivity contribution is 0.101. The second-order valence-corrected chi connectivity index (χ2v) is 6.31. The number of methoxy groups -OCH3 is 3. The van der Waals surface area contributed by atoms with Crippen LogP contribution in [0.15, 0.2) is 36.1 Å². The number of hydrogen-bond acceptors (Lipinski definition) is 7. The van der Waals surface area contributed by atoms with Gasteiger partial charge in [-0.2, -0.15) is 0 Å². The minimum absolute atomic E-state index is 0.113. The number of carbonyl (C=O) groups excluding carboxylic acids is 2. The summed E-state index contributed by atoms with van der Waals surface area (Å²) in [6.07, 6.45) is 1.04. The van der Waals surface area contributed by atoms with Crippen molar-refractivity contribution in [2.75, 3.05) is 35.4 Å². The van der Waals surface area contributed by atoms with Gasteiger partial charge in [0.05, 0.1) is 26.9 Å². The Kier molecular flexibility index (Phi) is 5.63. The van der Waals surface area contributed by atoms with Gasteiger partial charge in [-0.05, 0) is 24.3 Å². The van der Waals surface area contributed by atoms with E-state index in [0.717, 1.165) is 0 Å². The first-order chi connectivity index (χ1) is 13.9. The highest BCUT2D eigenvalue weighted by Gasteiger charge is 2.28. The molecule has 0 aliphatic carbocycles. The molecule has 29 heavy (non-hydrogen) atoms. The van der Waals surface area contributed by atoms with Gasteiger partial charge >= 0.3 is 6.09 Å². The summed E-state index contributed by atoms with van der Waals surface area (Å²) in [4.78, 5) is 25.7. The SMILES string of the molecule is COc1cc(OC)c(OC)cc1/C=C1\Oc2cc(OC(=O)N(C)C)ccc2C1=O. The van der Waals surface area contributed by atoms with E-state index < -0.39 is 6.09 Å². The van der Waals surface area contributed by atoms with E-state index in [2.05, 4.69) is 0 Å². The number of Topliss-reactive ketones (excluding diaryl/α,β-unsaturated/α-hetero) is 1. The molecule has 1 heterocycles. The fourth-order valence-electron chi connectivity index (χ4n) is 2.73. The average molecular weight is 399 g/mol. The lowest BCUT2D eigenvalue weighted by Gasteiger charge is -2.12. The normalized spacial score (nSPS) is 13.6. The molecule has 1 aliphatic heterocycles. The van der Waals surface area contributed by atoms with Gasteiger partial charge in [-0.25, -0.2) is 4.79 Å². The second-order valence-electron chi connectivity index (χ2n) is 6.31. The van der Waals surface area contributed by atoms with Gasteiger partial charge in [0.1, 0.15) is 17.2 Å². The highest BCUT2D eigenvalue weighted by atomic mass is 16.6. The van der Waals surface area contributed by atoms with E-state index in [4.69, 9.17) is 23.7 Å². The molecule has 8 nitrogen and oxygen atoms in total. The lowest BCUT2D eigenvalue weighted by atomic mass is 10.1. The van der Waals surface area contributed by atoms with Crippen LogP contribution in [0.3, 0.4) is 0 Å². The van der Waals surface area contributed by atoms with Crippen LogP contribution >= 0.6 is 0 Å². The van der Waals surface area contributed by atoms with Gasteiger partial charge in [-0.1, -0.05) is 0 Å². The minimum Gasteiger partial charge on any atom is -0.496 e. The highest BCUT2D eigenvalue weighted by molar-refractivity contribution is 6.14. The van der Waals surface area contributed by atoms with Gasteiger partial charge in [-0.15, -0.1) is 0 Å². The summed E-state index contributed by atoms with van der Waals surface area (Å²) in [5.41, 5.74) is 0.959. The van der Waals surface area contributed by atoms with E-state index in [-0.39, 0.29) is 17.3 Å². The molecule has 0 bridgehead atoms. The fraction of sp³-hybridized carbons (Fsp3) is 0.238. The van der Waals surface area contributed by atoms with Crippen molar-refractivity contribution in [2.45, 2.75) is 0 Å². The Morgan fingerprint density at radius 1 is 0.966 bits per heavy atom. The average Bonchev–Trinajstić information content (AvgIpc) is 3.02. The molecule has 3 rings (SSSR count). The molecular weight excluding hydrogens is 378 g/mol. The summed E-state index contributed by atoms with van der Waals surface area (Å²) in [5.74, 6) is 1.89. The molecule has 0 N–H and O–H groups in total. The van der Waals surface area contributed by atoms with Crippen LogP contribution in [-0.4, -0.2) is 52.2 Å². The number of rotatable bonds is 5. The first-order valence-corrected chi connectivity index (χ1v) is 8.65. The molecule has 2 aromatic rings. The van der Waals surface area contributed by atoms with Crippen LogP contribution in [0.1, 0.15) is 15.9 Å². The summed E-state index contributed by atoms with van der Waals surface area (Å²) in [5, 5.41) is 0. The van der Waals surface area contributed by atoms with Gasteiger partial charge in [0.2, 0.25) is 5.78 Å². The number of carbonyl (C=O) groups is 2. The van der Waals surface area contributed by atoms with Crippen molar-refractivity contribution >= 4 is 18.0 Å². The fourth-order valence-corrected chi connectivity index (χ4v) is 2.73. The molecule has 0 spiro atoms. The van der Waals surface area contributed by atoms with Crippen LogP contribution in [0.5, 0.6) is 28.7 Å². The number of benzene rings is 2. The van der Waals surface area contributed by atoms with Crippen molar-refractivity contribution in [3.63, 3.8) is 0 Å². The Balaban J connectivity index is 1.93. The predicted molar refractivity (Wildman–Crippen MR) is 105 cm³/mol. The van der Waals surface area contributed by atoms with Crippen molar-refractivity contribution in [1.82, 2.24) is 4.90 Å². The maximum atomic E-state index is 12.7. The summed E-state index contributed by atoms with van der Waals surface area (Å²) in [6.45, 7) is 0. The van der Waals surface area contributed by atoms with Crippen LogP contribution < -0.4 is 23.7 Å². The first kappa shape index (κ1) is 20.1. The van der Waals surface area contributed by atoms with E-state index in [1.807, 2.05) is 0 Å². The van der Waals surface area contributed by atoms with Crippen LogP contribution in [-0.2, 0) is 0 Å². The first-order valence-electron chi connectivity index (χ1n) is 8.65. The van der Waals surface area contributed by atoms with Gasteiger partial charge in [0.25, 0.3) is 0 Å². The standard InChI is InChI=1S/C21H21NO7/c1-22(2)21(24)28-13-6-7-14-16(10-13)29-19(20(14)23)9-12-8-17(26-4)18(27-5)11-15(12)25-3/h6-11H,1-5H3/b19-9-. The molecule has 2 aromatic carbocycles. The topological polar surface area (TPSA) is 83.5 Å². The van der Waals surface area contributed by atoms with E-state index in [1.54, 1.807) is 44.4 Å². The molecule has 0 saturated carbocycles. The summed E-state index contributed by atoms with van der Waals surface area (Å²) < 4.78 is 26.9. The van der Waals surface area contributed by atoms with Crippen molar-refractivity contribution in [2.24, 2.45) is 0 Å². The van der Waals surface area contributed by atoms with Gasteiger partial charge < -0.3 is 28.6 Å². The third-order valence-corrected chi connectivity index (χ3v) is 4.23. The zero-order chi connectivity index (χ0) is 21.1. The van der Waals surface area contributed by atoms with Crippen LogP contribution in [0, 0.1) is 0 Å². The van der Waals surface area contributed by atoms with Gasteiger partial charge in [-0.3, -0.25) is 4.79 Å². The van der Waals surface area contributed by atoms with Crippen molar-refractivity contribution in [3.8, 4) is 28.7 Å². The molecule has 1 aliphatic rings. The Bertz CT molecular complexity index is 995. The summed E-state index contributed by atoms with van der Waals surface area (Å²) in [6, 6.07) is 7.95. The van der Waals surface area contributed by atoms with Crippen molar-refractivity contribution in [1.29, 1.82) is 0 Å². The third kappa shape index (κ3) is 3.96. The zero-order valence-corrected chi connectivity index (χ0v) is 16.8. The number of hydrogen-bond donors (Lipinski definition) is 0. The zero-order valence-electron chi connectivity index (χ0n) is 16.8. The second kappa shape index (κ2) is 8.14. The number of nitrogens with zero attached hydrogens (tertiary/aromatic N) is 1. The molecule has 0 aromatic heterocycles. The quantitative estimate of drug-likeness (QED) is 0.713. The third-order valence-electron chi connectivity index (χ3n) is 4.23. The monoisotopic (exact) mass is 399 g/mol. The largest absolute Gasteiger partial charge is 0.496 e. The van der Waals surface area contributed by atoms with E-state index >= 15 is 0 Å². The molecule has 8 heteroatoms. The molecule has 1 amide bonds. The Labute approximate surface area is 168 Å². The van der Waals surface area contributed by atoms with Gasteiger partial charge in [0.15, 0.2) is 17.3 Å². The van der Waals surface area contributed by atoms with Crippen LogP contribution in [0.4, 0.5) is 4.79 Å². The Hall–Kier alpha value is -3.68. The molecule has 0 unspecified atom stereocenters. The molecule has 0 saturated heterocycles. The Morgan fingerprint density at radius 3 is 2.24 bits per heavy atom. The van der Waals surface area contributed by atoms with Crippen LogP contribution in [0.25, 0.3) is 6.08 Å². The number of amides is 1. The Morgan fingerprint density at radius 2 is 1.62 bits per heavy atom. The minimum atomic E-state index is -0.528. The maximum Gasteiger partial charge on any atom is 0.414 e.